The van der Waals surface area contributed by atoms with Crippen LogP contribution >= 0.6 is 0 Å². The topological polar surface area (TPSA) is 29.3 Å². The molecule has 0 saturated heterocycles. The predicted octanol–water partition coefficient (Wildman–Crippen LogP) is 3.52. The number of hydrogen-bond donors (Lipinski definition) is 1. The lowest BCUT2D eigenvalue weighted by Crippen LogP contribution is -2.39. The minimum absolute atomic E-state index is 0.113. The largest absolute Gasteiger partial charge is 0.329 e. The van der Waals surface area contributed by atoms with E-state index in [2.05, 4.69) is 86.6 Å². The van der Waals surface area contributed by atoms with Gasteiger partial charge in [0, 0.05) is 18.5 Å². The molecule has 2 heteroatoms. The van der Waals surface area contributed by atoms with E-state index in [0.717, 1.165) is 13.0 Å². The summed E-state index contributed by atoms with van der Waals surface area (Å²) in [7, 11) is 4.26. The van der Waals surface area contributed by atoms with Crippen molar-refractivity contribution in [3.05, 3.63) is 71.8 Å². The van der Waals surface area contributed by atoms with Gasteiger partial charge in [-0.2, -0.15) is 0 Å². The van der Waals surface area contributed by atoms with Crippen LogP contribution in [0.1, 0.15) is 24.5 Å². The zero-order valence-corrected chi connectivity index (χ0v) is 14.0. The first-order valence-electron chi connectivity index (χ1n) is 8.04. The smallest absolute Gasteiger partial charge is 0.0328 e. The van der Waals surface area contributed by atoms with Crippen LogP contribution in [-0.2, 0) is 5.41 Å². The van der Waals surface area contributed by atoms with Crippen LogP contribution in [-0.4, -0.2) is 32.1 Å². The first kappa shape index (κ1) is 16.7. The van der Waals surface area contributed by atoms with Gasteiger partial charge in [-0.3, -0.25) is 0 Å². The van der Waals surface area contributed by atoms with Gasteiger partial charge in [0.2, 0.25) is 0 Å². The fourth-order valence-corrected chi connectivity index (χ4v) is 3.52. The lowest BCUT2D eigenvalue weighted by molar-refractivity contribution is 0.290. The molecule has 1 unspecified atom stereocenters. The second-order valence-corrected chi connectivity index (χ2v) is 6.59. The Kier molecular flexibility index (Phi) is 5.76. The summed E-state index contributed by atoms with van der Waals surface area (Å²) in [5, 5.41) is 0. The molecule has 0 aromatic heterocycles. The molecule has 2 aromatic carbocycles. The summed E-state index contributed by atoms with van der Waals surface area (Å²) in [5.41, 5.74) is 8.85. The Morgan fingerprint density at radius 1 is 0.909 bits per heavy atom. The molecule has 0 aliphatic rings. The molecule has 0 aliphatic carbocycles. The van der Waals surface area contributed by atoms with E-state index in [0.29, 0.717) is 12.5 Å². The maximum Gasteiger partial charge on any atom is 0.0328 e. The number of rotatable bonds is 7. The fourth-order valence-electron chi connectivity index (χ4n) is 3.52. The van der Waals surface area contributed by atoms with E-state index in [1.807, 2.05) is 0 Å². The zero-order chi connectivity index (χ0) is 16.0. The van der Waals surface area contributed by atoms with E-state index >= 15 is 0 Å². The van der Waals surface area contributed by atoms with Gasteiger partial charge in [-0.05, 0) is 37.6 Å². The Morgan fingerprint density at radius 2 is 1.36 bits per heavy atom. The fraction of sp³-hybridized carbons (Fsp3) is 0.400. The van der Waals surface area contributed by atoms with Gasteiger partial charge in [0.05, 0.1) is 0 Å². The monoisotopic (exact) mass is 296 g/mol. The lowest BCUT2D eigenvalue weighted by atomic mass is 9.69. The average Bonchev–Trinajstić information content (AvgIpc) is 2.53. The number of benzene rings is 2. The maximum absolute atomic E-state index is 6.34. The molecule has 22 heavy (non-hydrogen) atoms. The van der Waals surface area contributed by atoms with Crippen molar-refractivity contribution in [2.45, 2.75) is 18.8 Å². The van der Waals surface area contributed by atoms with E-state index in [4.69, 9.17) is 5.73 Å². The summed E-state index contributed by atoms with van der Waals surface area (Å²) in [5.74, 6) is 0.568. The standard InChI is InChI=1S/C20H28N2/c1-17(15-22(2)3)14-20(16-21,18-10-6-4-7-11-18)19-12-8-5-9-13-19/h4-13,17H,14-16,21H2,1-3H3. The Morgan fingerprint density at radius 3 is 1.73 bits per heavy atom. The highest BCUT2D eigenvalue weighted by Gasteiger charge is 2.34. The lowest BCUT2D eigenvalue weighted by Gasteiger charge is -2.37. The Hall–Kier alpha value is -1.64. The van der Waals surface area contributed by atoms with Crippen LogP contribution in [0.25, 0.3) is 0 Å². The number of nitrogens with zero attached hydrogens (tertiary/aromatic N) is 1. The average molecular weight is 296 g/mol. The van der Waals surface area contributed by atoms with Crippen LogP contribution in [0.2, 0.25) is 0 Å². The number of hydrogen-bond acceptors (Lipinski definition) is 2. The Labute approximate surface area is 135 Å². The molecule has 0 heterocycles. The van der Waals surface area contributed by atoms with E-state index in [1.54, 1.807) is 0 Å². The summed E-state index contributed by atoms with van der Waals surface area (Å²) in [4.78, 5) is 2.25. The summed E-state index contributed by atoms with van der Waals surface area (Å²) < 4.78 is 0. The molecule has 2 rings (SSSR count). The first-order chi connectivity index (χ1) is 10.6. The molecule has 0 spiro atoms. The molecule has 2 aromatic rings. The summed E-state index contributed by atoms with van der Waals surface area (Å²) in [6, 6.07) is 21.4. The third-order valence-electron chi connectivity index (χ3n) is 4.37. The molecule has 0 fully saturated rings. The van der Waals surface area contributed by atoms with Crippen LogP contribution in [0, 0.1) is 5.92 Å². The minimum Gasteiger partial charge on any atom is -0.329 e. The third kappa shape index (κ3) is 3.76. The molecule has 1 atom stereocenters. The molecule has 0 radical (unpaired) electrons. The van der Waals surface area contributed by atoms with Crippen LogP contribution in [0.15, 0.2) is 60.7 Å². The first-order valence-corrected chi connectivity index (χ1v) is 8.04. The van der Waals surface area contributed by atoms with E-state index in [9.17, 15) is 0 Å². The van der Waals surface area contributed by atoms with Crippen molar-refractivity contribution in [1.82, 2.24) is 4.90 Å². The summed E-state index contributed by atoms with van der Waals surface area (Å²) in [6.45, 7) is 4.01. The second-order valence-electron chi connectivity index (χ2n) is 6.59. The summed E-state index contributed by atoms with van der Waals surface area (Å²) >= 11 is 0. The molecule has 2 nitrogen and oxygen atoms in total. The molecule has 118 valence electrons. The van der Waals surface area contributed by atoms with Crippen LogP contribution < -0.4 is 5.73 Å². The van der Waals surface area contributed by atoms with Crippen molar-refractivity contribution < 1.29 is 0 Å². The van der Waals surface area contributed by atoms with Gasteiger partial charge in [-0.15, -0.1) is 0 Å². The van der Waals surface area contributed by atoms with Gasteiger partial charge in [0.15, 0.2) is 0 Å². The van der Waals surface area contributed by atoms with Crippen molar-refractivity contribution in [1.29, 1.82) is 0 Å². The minimum atomic E-state index is -0.113. The molecular formula is C20H28N2. The van der Waals surface area contributed by atoms with Crippen LogP contribution in [0.4, 0.5) is 0 Å². The van der Waals surface area contributed by atoms with Gasteiger partial charge < -0.3 is 10.6 Å². The maximum atomic E-state index is 6.34. The third-order valence-corrected chi connectivity index (χ3v) is 4.37. The second kappa shape index (κ2) is 7.57. The molecule has 0 saturated carbocycles. The quantitative estimate of drug-likeness (QED) is 0.847. The SMILES string of the molecule is CC(CN(C)C)CC(CN)(c1ccccc1)c1ccccc1. The Bertz CT molecular complexity index is 509. The highest BCUT2D eigenvalue weighted by atomic mass is 15.1. The molecule has 2 N–H and O–H groups in total. The highest BCUT2D eigenvalue weighted by molar-refractivity contribution is 5.40. The Balaban J connectivity index is 2.43. The molecule has 0 aliphatic heterocycles. The highest BCUT2D eigenvalue weighted by Crippen LogP contribution is 2.37. The van der Waals surface area contributed by atoms with Crippen molar-refractivity contribution in [3.63, 3.8) is 0 Å². The van der Waals surface area contributed by atoms with Gasteiger partial charge in [0.25, 0.3) is 0 Å². The van der Waals surface area contributed by atoms with Crippen LogP contribution in [0.5, 0.6) is 0 Å². The van der Waals surface area contributed by atoms with Crippen molar-refractivity contribution in [3.8, 4) is 0 Å². The number of nitrogens with two attached hydrogens (primary N) is 1. The van der Waals surface area contributed by atoms with Gasteiger partial charge in [0.1, 0.15) is 0 Å². The van der Waals surface area contributed by atoms with E-state index < -0.39 is 0 Å². The van der Waals surface area contributed by atoms with Crippen molar-refractivity contribution in [2.24, 2.45) is 11.7 Å². The van der Waals surface area contributed by atoms with Crippen molar-refractivity contribution >= 4 is 0 Å². The van der Waals surface area contributed by atoms with E-state index in [1.165, 1.54) is 11.1 Å². The normalized spacial score (nSPS) is 13.3. The summed E-state index contributed by atoms with van der Waals surface area (Å²) in [6.07, 6.45) is 1.05. The van der Waals surface area contributed by atoms with E-state index in [-0.39, 0.29) is 5.41 Å². The van der Waals surface area contributed by atoms with Crippen molar-refractivity contribution in [2.75, 3.05) is 27.2 Å². The van der Waals surface area contributed by atoms with Crippen LogP contribution in [0.3, 0.4) is 0 Å². The zero-order valence-electron chi connectivity index (χ0n) is 14.0. The van der Waals surface area contributed by atoms with Gasteiger partial charge in [-0.25, -0.2) is 0 Å². The van der Waals surface area contributed by atoms with Gasteiger partial charge in [-0.1, -0.05) is 67.6 Å². The molecule has 0 amide bonds. The molecule has 0 bridgehead atoms. The predicted molar refractivity (Wildman–Crippen MR) is 95.1 cm³/mol. The molecular weight excluding hydrogens is 268 g/mol. The van der Waals surface area contributed by atoms with Gasteiger partial charge >= 0.3 is 0 Å².